The van der Waals surface area contributed by atoms with E-state index in [1.54, 1.807) is 12.4 Å². The number of aromatic nitrogens is 1. The second-order valence-corrected chi connectivity index (χ2v) is 5.58. The van der Waals surface area contributed by atoms with Crippen molar-refractivity contribution < 1.29 is 18.0 Å². The lowest BCUT2D eigenvalue weighted by Gasteiger charge is -2.32. The Hall–Kier alpha value is -1.63. The zero-order valence-corrected chi connectivity index (χ0v) is 12.3. The molecule has 4 nitrogen and oxygen atoms in total. The van der Waals surface area contributed by atoms with Crippen molar-refractivity contribution in [3.63, 3.8) is 0 Å². The topological polar surface area (TPSA) is 45.2 Å². The summed E-state index contributed by atoms with van der Waals surface area (Å²) in [7, 11) is 0. The van der Waals surface area contributed by atoms with E-state index in [9.17, 15) is 18.0 Å². The minimum Gasteiger partial charge on any atom is -0.347 e. The van der Waals surface area contributed by atoms with E-state index >= 15 is 0 Å². The van der Waals surface area contributed by atoms with E-state index in [1.807, 2.05) is 17.4 Å². The molecule has 7 heteroatoms. The summed E-state index contributed by atoms with van der Waals surface area (Å²) in [6.07, 6.45) is 1.44. The van der Waals surface area contributed by atoms with Crippen LogP contribution >= 0.6 is 0 Å². The van der Waals surface area contributed by atoms with Crippen molar-refractivity contribution in [2.75, 3.05) is 26.2 Å². The second-order valence-electron chi connectivity index (χ2n) is 5.58. The van der Waals surface area contributed by atoms with E-state index in [0.717, 1.165) is 25.9 Å². The molecule has 122 valence electrons. The minimum atomic E-state index is -4.36. The highest BCUT2D eigenvalue weighted by molar-refractivity contribution is 5.79. The van der Waals surface area contributed by atoms with Crippen molar-refractivity contribution in [2.24, 2.45) is 5.92 Å². The van der Waals surface area contributed by atoms with Crippen LogP contribution in [0.3, 0.4) is 0 Å². The van der Waals surface area contributed by atoms with Gasteiger partial charge in [-0.15, -0.1) is 0 Å². The number of hydrogen-bond donors (Lipinski definition) is 1. The van der Waals surface area contributed by atoms with Crippen molar-refractivity contribution in [2.45, 2.75) is 25.4 Å². The molecule has 1 aliphatic rings. The number of rotatable bonds is 5. The number of nitrogens with one attached hydrogen (secondary N) is 1. The largest absolute Gasteiger partial charge is 0.405 e. The lowest BCUT2D eigenvalue weighted by molar-refractivity contribution is -0.141. The Morgan fingerprint density at radius 3 is 2.77 bits per heavy atom. The molecule has 0 radical (unpaired) electrons. The molecule has 2 rings (SSSR count). The summed E-state index contributed by atoms with van der Waals surface area (Å²) in [6, 6.07) is 3.88. The maximum absolute atomic E-state index is 12.1. The van der Waals surface area contributed by atoms with Gasteiger partial charge in [0.2, 0.25) is 5.91 Å². The van der Waals surface area contributed by atoms with Crippen molar-refractivity contribution in [1.29, 1.82) is 0 Å². The van der Waals surface area contributed by atoms with Gasteiger partial charge in [-0.3, -0.25) is 9.78 Å². The van der Waals surface area contributed by atoms with E-state index in [-0.39, 0.29) is 5.92 Å². The Morgan fingerprint density at radius 2 is 2.09 bits per heavy atom. The van der Waals surface area contributed by atoms with Crippen LogP contribution < -0.4 is 5.32 Å². The highest BCUT2D eigenvalue weighted by Gasteiger charge is 2.31. The molecule has 0 unspecified atom stereocenters. The fraction of sp³-hybridized carbons (Fsp3) is 0.600. The molecule has 22 heavy (non-hydrogen) atoms. The number of piperidine rings is 1. The summed E-state index contributed by atoms with van der Waals surface area (Å²) in [5.74, 6) is -0.848. The Kier molecular flexibility index (Phi) is 5.76. The fourth-order valence-electron chi connectivity index (χ4n) is 2.64. The molecule has 0 aliphatic carbocycles. The van der Waals surface area contributed by atoms with Crippen molar-refractivity contribution >= 4 is 5.91 Å². The summed E-state index contributed by atoms with van der Waals surface area (Å²) in [5.41, 5.74) is 1.17. The number of carbonyl (C=O) groups excluding carboxylic acids is 1. The number of halogens is 3. The molecule has 1 N–H and O–H groups in total. The van der Waals surface area contributed by atoms with Crippen molar-refractivity contribution in [1.82, 2.24) is 15.2 Å². The third-order valence-corrected chi connectivity index (χ3v) is 3.81. The van der Waals surface area contributed by atoms with Crippen LogP contribution in [0.15, 0.2) is 24.5 Å². The summed E-state index contributed by atoms with van der Waals surface area (Å²) in [6.45, 7) is 0.954. The number of alkyl halides is 3. The predicted octanol–water partition coefficient (Wildman–Crippen LogP) is 2.01. The maximum atomic E-state index is 12.1. The molecule has 1 fully saturated rings. The van der Waals surface area contributed by atoms with Crippen molar-refractivity contribution in [3.05, 3.63) is 30.1 Å². The van der Waals surface area contributed by atoms with Crippen LogP contribution in [0.5, 0.6) is 0 Å². The molecule has 1 aromatic rings. The van der Waals surface area contributed by atoms with E-state index in [0.29, 0.717) is 13.0 Å². The number of amides is 1. The van der Waals surface area contributed by atoms with Crippen LogP contribution in [-0.4, -0.2) is 48.1 Å². The average molecular weight is 315 g/mol. The Morgan fingerprint density at radius 1 is 1.36 bits per heavy atom. The monoisotopic (exact) mass is 315 g/mol. The van der Waals surface area contributed by atoms with E-state index < -0.39 is 18.6 Å². The number of hydrogen-bond acceptors (Lipinski definition) is 3. The van der Waals surface area contributed by atoms with Gasteiger partial charge < -0.3 is 10.2 Å². The van der Waals surface area contributed by atoms with Crippen LogP contribution in [0.1, 0.15) is 18.4 Å². The third-order valence-electron chi connectivity index (χ3n) is 3.81. The van der Waals surface area contributed by atoms with Crippen molar-refractivity contribution in [3.8, 4) is 0 Å². The SMILES string of the molecule is O=C(NCC(F)(F)F)[C@H]1CCCN(CCc2ccncc2)C1. The molecule has 1 atom stereocenters. The third kappa shape index (κ3) is 5.63. The molecule has 1 amide bonds. The quantitative estimate of drug-likeness (QED) is 0.904. The zero-order valence-electron chi connectivity index (χ0n) is 12.3. The van der Waals surface area contributed by atoms with Crippen LogP contribution in [0.2, 0.25) is 0 Å². The second kappa shape index (κ2) is 7.58. The van der Waals surface area contributed by atoms with Crippen LogP contribution in [0.4, 0.5) is 13.2 Å². The van der Waals surface area contributed by atoms with Crippen LogP contribution in [-0.2, 0) is 11.2 Å². The first-order valence-electron chi connectivity index (χ1n) is 7.40. The zero-order chi connectivity index (χ0) is 16.0. The van der Waals surface area contributed by atoms with Gasteiger partial charge in [0.1, 0.15) is 6.54 Å². The molecule has 2 heterocycles. The number of pyridine rings is 1. The molecule has 1 aromatic heterocycles. The number of carbonyl (C=O) groups is 1. The summed E-state index contributed by atoms with van der Waals surface area (Å²) >= 11 is 0. The number of likely N-dealkylation sites (tertiary alicyclic amines) is 1. The molecule has 1 aliphatic heterocycles. The van der Waals surface area contributed by atoms with Crippen LogP contribution in [0, 0.1) is 5.92 Å². The smallest absolute Gasteiger partial charge is 0.347 e. The molecule has 0 saturated carbocycles. The van der Waals surface area contributed by atoms with E-state index in [1.165, 1.54) is 5.56 Å². The van der Waals surface area contributed by atoms with Gasteiger partial charge in [0.05, 0.1) is 5.92 Å². The van der Waals surface area contributed by atoms with Gasteiger partial charge in [-0.2, -0.15) is 13.2 Å². The fourth-order valence-corrected chi connectivity index (χ4v) is 2.64. The molecule has 0 bridgehead atoms. The van der Waals surface area contributed by atoms with Gasteiger partial charge in [-0.1, -0.05) is 0 Å². The summed E-state index contributed by atoms with van der Waals surface area (Å²) in [4.78, 5) is 17.9. The molecular weight excluding hydrogens is 295 g/mol. The van der Waals surface area contributed by atoms with Gasteiger partial charge in [-0.05, 0) is 43.5 Å². The highest BCUT2D eigenvalue weighted by atomic mass is 19.4. The van der Waals surface area contributed by atoms with E-state index in [4.69, 9.17) is 0 Å². The first-order valence-corrected chi connectivity index (χ1v) is 7.40. The molecule has 0 aromatic carbocycles. The minimum absolute atomic E-state index is 0.353. The normalized spacial score (nSPS) is 19.9. The molecular formula is C15H20F3N3O. The average Bonchev–Trinajstić information content (AvgIpc) is 2.51. The lowest BCUT2D eigenvalue weighted by Crippen LogP contribution is -2.45. The van der Waals surface area contributed by atoms with Gasteiger partial charge >= 0.3 is 6.18 Å². The Labute approximate surface area is 127 Å². The van der Waals surface area contributed by atoms with Gasteiger partial charge in [0.15, 0.2) is 0 Å². The lowest BCUT2D eigenvalue weighted by atomic mass is 9.96. The first-order chi connectivity index (χ1) is 10.4. The highest BCUT2D eigenvalue weighted by Crippen LogP contribution is 2.18. The van der Waals surface area contributed by atoms with Crippen LogP contribution in [0.25, 0.3) is 0 Å². The van der Waals surface area contributed by atoms with Gasteiger partial charge in [0, 0.05) is 25.5 Å². The molecule has 0 spiro atoms. The van der Waals surface area contributed by atoms with E-state index in [2.05, 4.69) is 9.88 Å². The summed E-state index contributed by atoms with van der Waals surface area (Å²) in [5, 5.41) is 1.99. The molecule has 1 saturated heterocycles. The standard InChI is InChI=1S/C15H20F3N3O/c16-15(17,18)11-20-14(22)13-2-1-8-21(10-13)9-5-12-3-6-19-7-4-12/h3-4,6-7,13H,1-2,5,8-11H2,(H,20,22)/t13-/m0/s1. The number of nitrogens with zero attached hydrogens (tertiary/aromatic N) is 2. The predicted molar refractivity (Wildman–Crippen MR) is 76.2 cm³/mol. The van der Waals surface area contributed by atoms with Gasteiger partial charge in [-0.25, -0.2) is 0 Å². The Balaban J connectivity index is 1.77. The van der Waals surface area contributed by atoms with Gasteiger partial charge in [0.25, 0.3) is 0 Å². The Bertz CT molecular complexity index is 479. The first kappa shape index (κ1) is 16.7. The maximum Gasteiger partial charge on any atom is 0.405 e. The summed E-state index contributed by atoms with van der Waals surface area (Å²) < 4.78 is 36.4.